The van der Waals surface area contributed by atoms with Crippen molar-refractivity contribution in [1.29, 1.82) is 0 Å². The van der Waals surface area contributed by atoms with E-state index in [4.69, 9.17) is 9.47 Å². The highest BCUT2D eigenvalue weighted by molar-refractivity contribution is 14.1. The van der Waals surface area contributed by atoms with Crippen molar-refractivity contribution in [3.8, 4) is 11.5 Å². The first-order chi connectivity index (χ1) is 14.4. The summed E-state index contributed by atoms with van der Waals surface area (Å²) >= 11 is 2.19. The van der Waals surface area contributed by atoms with E-state index in [1.165, 1.54) is 11.1 Å². The molecule has 0 atom stereocenters. The third-order valence-electron chi connectivity index (χ3n) is 4.84. The highest BCUT2D eigenvalue weighted by Crippen LogP contribution is 2.35. The van der Waals surface area contributed by atoms with Crippen LogP contribution in [0.4, 0.5) is 5.69 Å². The zero-order valence-corrected chi connectivity index (χ0v) is 19.9. The summed E-state index contributed by atoms with van der Waals surface area (Å²) in [4.78, 5) is 12.8. The van der Waals surface area contributed by atoms with Crippen molar-refractivity contribution < 1.29 is 14.3 Å². The maximum atomic E-state index is 12.8. The molecule has 0 saturated carbocycles. The van der Waals surface area contributed by atoms with E-state index in [2.05, 4.69) is 47.0 Å². The minimum atomic E-state index is -0.179. The molecular weight excluding hydrogens is 489 g/mol. The number of nitrogens with one attached hydrogen (secondary N) is 1. The number of carbonyl (C=O) groups excluding carboxylic acids is 1. The molecule has 0 radical (unpaired) electrons. The Morgan fingerprint density at radius 3 is 2.33 bits per heavy atom. The van der Waals surface area contributed by atoms with Gasteiger partial charge in [-0.3, -0.25) is 4.79 Å². The molecule has 3 aromatic carbocycles. The molecule has 0 spiro atoms. The summed E-state index contributed by atoms with van der Waals surface area (Å²) in [5.74, 6) is 1.05. The van der Waals surface area contributed by atoms with Gasteiger partial charge in [-0.25, -0.2) is 0 Å². The van der Waals surface area contributed by atoms with Gasteiger partial charge in [0.2, 0.25) is 0 Å². The van der Waals surface area contributed by atoms with Gasteiger partial charge in [0.15, 0.2) is 11.5 Å². The Balaban J connectivity index is 1.81. The summed E-state index contributed by atoms with van der Waals surface area (Å²) in [5.41, 5.74) is 5.92. The molecule has 0 fully saturated rings. The molecule has 0 heterocycles. The standard InChI is InChI=1S/C25H26INO3/c1-5-29-23-14-20(25(28)27-21-11-8-17(3)18(4)12-21)13-22(26)24(23)30-15-19-9-6-16(2)7-10-19/h6-14H,5,15H2,1-4H3,(H,27,28). The lowest BCUT2D eigenvalue weighted by Crippen LogP contribution is -2.13. The zero-order valence-electron chi connectivity index (χ0n) is 17.7. The van der Waals surface area contributed by atoms with E-state index in [0.717, 1.165) is 20.4 Å². The van der Waals surface area contributed by atoms with Gasteiger partial charge in [0.1, 0.15) is 6.61 Å². The van der Waals surface area contributed by atoms with Gasteiger partial charge in [-0.15, -0.1) is 0 Å². The van der Waals surface area contributed by atoms with Gasteiger partial charge >= 0.3 is 0 Å². The summed E-state index contributed by atoms with van der Waals surface area (Å²) in [7, 11) is 0. The molecule has 0 saturated heterocycles. The van der Waals surface area contributed by atoms with Crippen molar-refractivity contribution in [2.75, 3.05) is 11.9 Å². The number of benzene rings is 3. The Morgan fingerprint density at radius 1 is 0.933 bits per heavy atom. The molecule has 1 N–H and O–H groups in total. The van der Waals surface area contributed by atoms with E-state index in [0.29, 0.717) is 30.3 Å². The fourth-order valence-corrected chi connectivity index (χ4v) is 3.72. The first-order valence-electron chi connectivity index (χ1n) is 9.90. The number of anilines is 1. The molecule has 0 aliphatic carbocycles. The Bertz CT molecular complexity index is 1050. The first kappa shape index (κ1) is 22.2. The highest BCUT2D eigenvalue weighted by Gasteiger charge is 2.17. The van der Waals surface area contributed by atoms with Crippen molar-refractivity contribution in [2.45, 2.75) is 34.3 Å². The van der Waals surface area contributed by atoms with Gasteiger partial charge in [-0.05, 0) is 91.2 Å². The van der Waals surface area contributed by atoms with Crippen LogP contribution in [0, 0.1) is 24.3 Å². The Morgan fingerprint density at radius 2 is 1.67 bits per heavy atom. The Kier molecular flexibility index (Phi) is 7.37. The van der Waals surface area contributed by atoms with Crippen LogP contribution in [0.15, 0.2) is 54.6 Å². The van der Waals surface area contributed by atoms with Crippen LogP contribution in [-0.4, -0.2) is 12.5 Å². The van der Waals surface area contributed by atoms with E-state index >= 15 is 0 Å². The molecule has 4 nitrogen and oxygen atoms in total. The molecule has 3 rings (SSSR count). The van der Waals surface area contributed by atoms with Crippen LogP contribution in [-0.2, 0) is 6.61 Å². The highest BCUT2D eigenvalue weighted by atomic mass is 127. The van der Waals surface area contributed by atoms with Crippen LogP contribution in [0.1, 0.15) is 39.5 Å². The first-order valence-corrected chi connectivity index (χ1v) is 11.0. The maximum Gasteiger partial charge on any atom is 0.255 e. The predicted molar refractivity (Wildman–Crippen MR) is 130 cm³/mol. The maximum absolute atomic E-state index is 12.8. The number of hydrogen-bond donors (Lipinski definition) is 1. The van der Waals surface area contributed by atoms with Gasteiger partial charge < -0.3 is 14.8 Å². The molecule has 0 aliphatic heterocycles. The molecule has 3 aromatic rings. The summed E-state index contributed by atoms with van der Waals surface area (Å²) in [5, 5.41) is 2.97. The lowest BCUT2D eigenvalue weighted by atomic mass is 10.1. The summed E-state index contributed by atoms with van der Waals surface area (Å²) < 4.78 is 12.7. The fourth-order valence-electron chi connectivity index (χ4n) is 2.96. The number of ether oxygens (including phenoxy) is 2. The van der Waals surface area contributed by atoms with Gasteiger partial charge in [0.25, 0.3) is 5.91 Å². The van der Waals surface area contributed by atoms with E-state index in [9.17, 15) is 4.79 Å². The molecule has 1 amide bonds. The van der Waals surface area contributed by atoms with Crippen LogP contribution in [0.5, 0.6) is 11.5 Å². The second kappa shape index (κ2) is 9.98. The number of aryl methyl sites for hydroxylation is 3. The van der Waals surface area contributed by atoms with Gasteiger partial charge in [0.05, 0.1) is 10.2 Å². The third-order valence-corrected chi connectivity index (χ3v) is 5.64. The molecule has 0 bridgehead atoms. The van der Waals surface area contributed by atoms with Crippen molar-refractivity contribution in [1.82, 2.24) is 0 Å². The smallest absolute Gasteiger partial charge is 0.255 e. The number of amides is 1. The molecule has 0 aliphatic rings. The average molecular weight is 515 g/mol. The zero-order chi connectivity index (χ0) is 21.7. The van der Waals surface area contributed by atoms with Gasteiger partial charge in [0, 0.05) is 11.3 Å². The molecule has 156 valence electrons. The normalized spacial score (nSPS) is 10.6. The van der Waals surface area contributed by atoms with Crippen molar-refractivity contribution in [3.05, 3.63) is 86.0 Å². The molecular formula is C25H26INO3. The van der Waals surface area contributed by atoms with Crippen molar-refractivity contribution in [3.63, 3.8) is 0 Å². The fraction of sp³-hybridized carbons (Fsp3) is 0.240. The van der Waals surface area contributed by atoms with Crippen molar-refractivity contribution >= 4 is 34.2 Å². The molecule has 30 heavy (non-hydrogen) atoms. The summed E-state index contributed by atoms with van der Waals surface area (Å²) in [6.45, 7) is 8.97. The number of hydrogen-bond acceptors (Lipinski definition) is 3. The van der Waals surface area contributed by atoms with E-state index in [1.54, 1.807) is 6.07 Å². The van der Waals surface area contributed by atoms with Crippen LogP contribution in [0.2, 0.25) is 0 Å². The number of carbonyl (C=O) groups is 1. The predicted octanol–water partition coefficient (Wildman–Crippen LogP) is 6.45. The van der Waals surface area contributed by atoms with E-state index < -0.39 is 0 Å². The van der Waals surface area contributed by atoms with Crippen molar-refractivity contribution in [2.24, 2.45) is 0 Å². The minimum Gasteiger partial charge on any atom is -0.490 e. The van der Waals surface area contributed by atoms with Crippen LogP contribution >= 0.6 is 22.6 Å². The third kappa shape index (κ3) is 5.53. The van der Waals surface area contributed by atoms with E-state index in [-0.39, 0.29) is 5.91 Å². The quantitative estimate of drug-likeness (QED) is 0.368. The second-order valence-corrected chi connectivity index (χ2v) is 8.41. The monoisotopic (exact) mass is 515 g/mol. The second-order valence-electron chi connectivity index (χ2n) is 7.25. The summed E-state index contributed by atoms with van der Waals surface area (Å²) in [6.07, 6.45) is 0. The topological polar surface area (TPSA) is 47.6 Å². The van der Waals surface area contributed by atoms with Gasteiger partial charge in [-0.2, -0.15) is 0 Å². The van der Waals surface area contributed by atoms with Crippen LogP contribution < -0.4 is 14.8 Å². The number of halogens is 1. The van der Waals surface area contributed by atoms with Crippen LogP contribution in [0.3, 0.4) is 0 Å². The molecule has 5 heteroatoms. The number of rotatable bonds is 7. The van der Waals surface area contributed by atoms with Gasteiger partial charge in [-0.1, -0.05) is 35.9 Å². The Labute approximate surface area is 191 Å². The molecule has 0 unspecified atom stereocenters. The summed E-state index contributed by atoms with van der Waals surface area (Å²) in [6, 6.07) is 17.7. The lowest BCUT2D eigenvalue weighted by Gasteiger charge is -2.16. The van der Waals surface area contributed by atoms with Crippen LogP contribution in [0.25, 0.3) is 0 Å². The largest absolute Gasteiger partial charge is 0.490 e. The minimum absolute atomic E-state index is 0.179. The SMILES string of the molecule is CCOc1cc(C(=O)Nc2ccc(C)c(C)c2)cc(I)c1OCc1ccc(C)cc1. The van der Waals surface area contributed by atoms with E-state index in [1.807, 2.05) is 57.2 Å². The molecule has 0 aromatic heterocycles. The lowest BCUT2D eigenvalue weighted by molar-refractivity contribution is 0.102. The average Bonchev–Trinajstić information content (AvgIpc) is 2.71. The Hall–Kier alpha value is -2.54.